The van der Waals surface area contributed by atoms with Crippen LogP contribution in [0.4, 0.5) is 35.1 Å². The summed E-state index contributed by atoms with van der Waals surface area (Å²) >= 11 is 0. The van der Waals surface area contributed by atoms with Gasteiger partial charge in [-0.2, -0.15) is 26.3 Å². The van der Waals surface area contributed by atoms with Crippen molar-refractivity contribution >= 4 is 11.7 Å². The summed E-state index contributed by atoms with van der Waals surface area (Å²) in [4.78, 5) is 9.60. The van der Waals surface area contributed by atoms with Crippen molar-refractivity contribution in [2.45, 2.75) is 64.0 Å². The Kier molecular flexibility index (Phi) is 10.2. The number of hydrazone groups is 1. The fourth-order valence-electron chi connectivity index (χ4n) is 4.84. The molecular formula is C26H31F8N7. The molecule has 2 aromatic rings. The zero-order chi connectivity index (χ0) is 30.5. The molecule has 0 saturated heterocycles. The van der Waals surface area contributed by atoms with Gasteiger partial charge in [0.25, 0.3) is 6.43 Å². The van der Waals surface area contributed by atoms with Gasteiger partial charge in [0.1, 0.15) is 0 Å². The lowest BCUT2D eigenvalue weighted by atomic mass is 9.83. The number of alkyl halides is 8. The van der Waals surface area contributed by atoms with Gasteiger partial charge in [0.05, 0.1) is 22.5 Å². The van der Waals surface area contributed by atoms with Crippen molar-refractivity contribution in [3.8, 4) is 0 Å². The smallest absolute Gasteiger partial charge is 0.368 e. The molecule has 7 nitrogen and oxygen atoms in total. The van der Waals surface area contributed by atoms with Crippen molar-refractivity contribution in [2.75, 3.05) is 14.1 Å². The Labute approximate surface area is 231 Å². The number of pyridine rings is 1. The Morgan fingerprint density at radius 1 is 0.976 bits per heavy atom. The minimum atomic E-state index is -4.92. The van der Waals surface area contributed by atoms with Crippen LogP contribution in [0.1, 0.15) is 72.0 Å². The largest absolute Gasteiger partial charge is 0.417 e. The first-order valence-electron chi connectivity index (χ1n) is 12.7. The first kappa shape index (κ1) is 32.0. The van der Waals surface area contributed by atoms with E-state index in [4.69, 9.17) is 11.6 Å². The molecule has 15 heteroatoms. The highest BCUT2D eigenvalue weighted by atomic mass is 19.4. The molecule has 0 radical (unpaired) electrons. The molecule has 1 aliphatic carbocycles. The third-order valence-electron chi connectivity index (χ3n) is 6.68. The second-order valence-corrected chi connectivity index (χ2v) is 9.82. The zero-order valence-electron chi connectivity index (χ0n) is 22.4. The van der Waals surface area contributed by atoms with Gasteiger partial charge in [-0.25, -0.2) is 19.7 Å². The quantitative estimate of drug-likeness (QED) is 0.127. The molecule has 0 aliphatic heterocycles. The number of rotatable bonds is 8. The Hall–Kier alpha value is -3.49. The number of nitrogens with zero attached hydrogens (tertiary/aromatic N) is 5. The van der Waals surface area contributed by atoms with E-state index in [9.17, 15) is 35.1 Å². The first-order valence-corrected chi connectivity index (χ1v) is 12.7. The molecule has 1 aliphatic rings. The van der Waals surface area contributed by atoms with E-state index in [0.29, 0.717) is 24.0 Å². The third-order valence-corrected chi connectivity index (χ3v) is 6.68. The van der Waals surface area contributed by atoms with Crippen LogP contribution in [0.25, 0.3) is 0 Å². The third kappa shape index (κ3) is 8.50. The van der Waals surface area contributed by atoms with Gasteiger partial charge in [0, 0.05) is 44.9 Å². The summed E-state index contributed by atoms with van der Waals surface area (Å²) in [7, 11) is 2.81. The highest BCUT2D eigenvalue weighted by Crippen LogP contribution is 2.35. The number of nitrogens with two attached hydrogens (primary N) is 2. The molecule has 1 saturated carbocycles. The number of hydrogen-bond donors (Lipinski definition) is 2. The highest BCUT2D eigenvalue weighted by molar-refractivity contribution is 6.02. The van der Waals surface area contributed by atoms with Crippen LogP contribution in [-0.4, -0.2) is 40.8 Å². The topological polar surface area (TPSA) is 96.1 Å². The summed E-state index contributed by atoms with van der Waals surface area (Å²) < 4.78 is 108. The van der Waals surface area contributed by atoms with Gasteiger partial charge in [-0.1, -0.05) is 19.3 Å². The lowest BCUT2D eigenvalue weighted by Gasteiger charge is -2.28. The van der Waals surface area contributed by atoms with E-state index < -0.39 is 48.6 Å². The maximum absolute atomic E-state index is 13.7. The number of aromatic nitrogens is 1. The number of hydrazine groups is 1. The van der Waals surface area contributed by atoms with E-state index >= 15 is 0 Å². The molecular weight excluding hydrogens is 562 g/mol. The standard InChI is InChI=1S/C26H31F8N7/c1-37-21(16-6-4-3-5-7-16)22-18(11-20(12-38-22)26(32,33)34)14-41(24(35)39-40(2)36)13-15-8-17(23(27)28)10-19(9-15)25(29,30)31/h8-12,16,23H,3-7,13-14,36H2,1-2H3,(H2,35,39). The van der Waals surface area contributed by atoms with Crippen molar-refractivity contribution in [3.63, 3.8) is 0 Å². The number of benzene rings is 1. The predicted octanol–water partition coefficient (Wildman–Crippen LogP) is 6.09. The molecule has 0 unspecified atom stereocenters. The Balaban J connectivity index is 2.13. The predicted molar refractivity (Wildman–Crippen MR) is 137 cm³/mol. The van der Waals surface area contributed by atoms with E-state index in [1.54, 1.807) is 0 Å². The Bertz CT molecular complexity index is 1250. The van der Waals surface area contributed by atoms with Crippen LogP contribution in [0.2, 0.25) is 0 Å². The molecule has 0 amide bonds. The van der Waals surface area contributed by atoms with Crippen molar-refractivity contribution in [1.82, 2.24) is 15.0 Å². The maximum Gasteiger partial charge on any atom is 0.417 e. The van der Waals surface area contributed by atoms with Gasteiger partial charge in [-0.05, 0) is 48.2 Å². The summed E-state index contributed by atoms with van der Waals surface area (Å²) in [5, 5.41) is 4.64. The number of halogens is 8. The molecule has 0 bridgehead atoms. The molecule has 1 aromatic heterocycles. The van der Waals surface area contributed by atoms with Gasteiger partial charge in [0.15, 0.2) is 0 Å². The van der Waals surface area contributed by atoms with Crippen LogP contribution in [-0.2, 0) is 25.4 Å². The van der Waals surface area contributed by atoms with Gasteiger partial charge in [-0.15, -0.1) is 5.10 Å². The van der Waals surface area contributed by atoms with Gasteiger partial charge < -0.3 is 10.6 Å². The summed E-state index contributed by atoms with van der Waals surface area (Å²) in [6.07, 6.45) is -7.80. The van der Waals surface area contributed by atoms with E-state index in [2.05, 4.69) is 15.1 Å². The van der Waals surface area contributed by atoms with Crippen LogP contribution in [0.15, 0.2) is 40.6 Å². The van der Waals surface area contributed by atoms with Crippen molar-refractivity contribution in [2.24, 2.45) is 27.6 Å². The molecule has 3 rings (SSSR count). The van der Waals surface area contributed by atoms with Crippen molar-refractivity contribution in [1.29, 1.82) is 0 Å². The monoisotopic (exact) mass is 593 g/mol. The summed E-state index contributed by atoms with van der Waals surface area (Å²) in [6.45, 7) is -0.925. The Morgan fingerprint density at radius 2 is 1.61 bits per heavy atom. The molecule has 4 N–H and O–H groups in total. The summed E-state index contributed by atoms with van der Waals surface area (Å²) in [6, 6.07) is 2.76. The summed E-state index contributed by atoms with van der Waals surface area (Å²) in [5.74, 6) is 5.13. The van der Waals surface area contributed by atoms with E-state index in [0.717, 1.165) is 54.3 Å². The molecule has 1 fully saturated rings. The first-order chi connectivity index (χ1) is 19.1. The SMILES string of the molecule is CN=C(c1ncc(C(F)(F)F)cc1CN(Cc1cc(C(F)F)cc(C(F)(F)F)c1)/C(N)=N/N(C)N)C1CCCCC1. The second kappa shape index (κ2) is 13.0. The maximum atomic E-state index is 13.7. The van der Waals surface area contributed by atoms with Crippen LogP contribution >= 0.6 is 0 Å². The van der Waals surface area contributed by atoms with Crippen LogP contribution in [0, 0.1) is 5.92 Å². The number of guanidine groups is 1. The Morgan fingerprint density at radius 3 is 2.15 bits per heavy atom. The molecule has 1 heterocycles. The molecule has 226 valence electrons. The van der Waals surface area contributed by atoms with Crippen LogP contribution in [0.3, 0.4) is 0 Å². The van der Waals surface area contributed by atoms with Gasteiger partial charge in [-0.3, -0.25) is 9.98 Å². The van der Waals surface area contributed by atoms with Gasteiger partial charge >= 0.3 is 12.4 Å². The lowest BCUT2D eigenvalue weighted by Crippen LogP contribution is -2.40. The van der Waals surface area contributed by atoms with E-state index in [1.165, 1.54) is 14.1 Å². The molecule has 0 spiro atoms. The molecule has 1 aromatic carbocycles. The normalized spacial score (nSPS) is 15.9. The van der Waals surface area contributed by atoms with E-state index in [-0.39, 0.29) is 28.7 Å². The zero-order valence-corrected chi connectivity index (χ0v) is 22.4. The van der Waals surface area contributed by atoms with E-state index in [1.807, 2.05) is 0 Å². The van der Waals surface area contributed by atoms with Crippen molar-refractivity contribution < 1.29 is 35.1 Å². The van der Waals surface area contributed by atoms with Crippen LogP contribution < -0.4 is 11.6 Å². The fraction of sp³-hybridized carbons (Fsp3) is 0.500. The fourth-order valence-corrected chi connectivity index (χ4v) is 4.84. The number of hydrogen-bond acceptors (Lipinski definition) is 5. The second-order valence-electron chi connectivity index (χ2n) is 9.82. The molecule has 0 atom stereocenters. The van der Waals surface area contributed by atoms with Crippen LogP contribution in [0.5, 0.6) is 0 Å². The minimum absolute atomic E-state index is 0.0323. The average molecular weight is 594 g/mol. The molecule has 41 heavy (non-hydrogen) atoms. The van der Waals surface area contributed by atoms with Gasteiger partial charge in [0.2, 0.25) is 5.96 Å². The highest BCUT2D eigenvalue weighted by Gasteiger charge is 2.34. The summed E-state index contributed by atoms with van der Waals surface area (Å²) in [5.41, 5.74) is 3.33. The number of aliphatic imine (C=N–C) groups is 1. The average Bonchev–Trinajstić information content (AvgIpc) is 2.88. The van der Waals surface area contributed by atoms with Crippen molar-refractivity contribution in [3.05, 3.63) is 64.0 Å². The minimum Gasteiger partial charge on any atom is -0.368 e. The lowest BCUT2D eigenvalue weighted by molar-refractivity contribution is -0.138.